The number of aromatic nitrogens is 2. The molecule has 4 nitrogen and oxygen atoms in total. The molecule has 1 fully saturated rings. The van der Waals surface area contributed by atoms with Crippen LogP contribution in [-0.4, -0.2) is 23.1 Å². The molecule has 1 unspecified atom stereocenters. The summed E-state index contributed by atoms with van der Waals surface area (Å²) >= 11 is 0. The predicted molar refractivity (Wildman–Crippen MR) is 85.1 cm³/mol. The van der Waals surface area contributed by atoms with Gasteiger partial charge in [0.25, 0.3) is 0 Å². The molecule has 0 spiro atoms. The highest BCUT2D eigenvalue weighted by molar-refractivity contribution is 5.33. The van der Waals surface area contributed by atoms with Gasteiger partial charge in [-0.2, -0.15) is 0 Å². The fraction of sp³-hybridized carbons (Fsp3) is 0.412. The van der Waals surface area contributed by atoms with Crippen molar-refractivity contribution in [3.63, 3.8) is 0 Å². The Morgan fingerprint density at radius 2 is 2.23 bits per heavy atom. The summed E-state index contributed by atoms with van der Waals surface area (Å²) in [5.41, 5.74) is 1.92. The first-order valence-corrected chi connectivity index (χ1v) is 7.79. The van der Waals surface area contributed by atoms with Crippen LogP contribution >= 0.6 is 0 Å². The molecule has 1 atom stereocenters. The zero-order valence-electron chi connectivity index (χ0n) is 12.6. The minimum Gasteiger partial charge on any atom is -0.365 e. The number of hydrogen-bond acceptors (Lipinski definition) is 4. The molecule has 22 heavy (non-hydrogen) atoms. The van der Waals surface area contributed by atoms with Crippen LogP contribution in [0.15, 0.2) is 36.7 Å². The number of piperidine rings is 1. The van der Waals surface area contributed by atoms with E-state index < -0.39 is 0 Å². The molecule has 2 aromatic rings. The molecule has 0 aliphatic carbocycles. The number of halogens is 1. The smallest absolute Gasteiger partial charge is 0.144 e. The molecule has 1 aliphatic heterocycles. The fourth-order valence-corrected chi connectivity index (χ4v) is 2.79. The van der Waals surface area contributed by atoms with Gasteiger partial charge in [-0.15, -0.1) is 0 Å². The Bertz CT molecular complexity index is 594. The summed E-state index contributed by atoms with van der Waals surface area (Å²) in [5.74, 6) is 1.16. The number of benzene rings is 1. The lowest BCUT2D eigenvalue weighted by molar-refractivity contribution is 0.373. The van der Waals surface area contributed by atoms with Crippen molar-refractivity contribution < 1.29 is 4.39 Å². The average molecular weight is 300 g/mol. The van der Waals surface area contributed by atoms with Gasteiger partial charge >= 0.3 is 0 Å². The molecule has 2 heterocycles. The lowest BCUT2D eigenvalue weighted by Crippen LogP contribution is -2.31. The highest BCUT2D eigenvalue weighted by atomic mass is 19.1. The Labute approximate surface area is 130 Å². The van der Waals surface area contributed by atoms with Crippen LogP contribution in [0.5, 0.6) is 0 Å². The van der Waals surface area contributed by atoms with Crippen molar-refractivity contribution in [3.05, 3.63) is 53.7 Å². The number of nitrogens with one attached hydrogen (secondary N) is 2. The van der Waals surface area contributed by atoms with Gasteiger partial charge in [-0.25, -0.2) is 9.37 Å². The largest absolute Gasteiger partial charge is 0.365 e. The van der Waals surface area contributed by atoms with Crippen LogP contribution in [0.25, 0.3) is 0 Å². The first kappa shape index (κ1) is 14.9. The molecule has 1 aromatic heterocycles. The second-order valence-corrected chi connectivity index (χ2v) is 5.79. The molecular weight excluding hydrogens is 279 g/mol. The second kappa shape index (κ2) is 7.31. The van der Waals surface area contributed by atoms with Crippen LogP contribution in [0.1, 0.15) is 24.1 Å². The Balaban J connectivity index is 1.52. The van der Waals surface area contributed by atoms with Crippen LogP contribution in [0.4, 0.5) is 10.2 Å². The molecule has 5 heteroatoms. The van der Waals surface area contributed by atoms with E-state index in [9.17, 15) is 4.39 Å². The third kappa shape index (κ3) is 4.24. The molecule has 116 valence electrons. The molecule has 0 amide bonds. The van der Waals surface area contributed by atoms with E-state index in [4.69, 9.17) is 0 Å². The van der Waals surface area contributed by atoms with Gasteiger partial charge in [0.2, 0.25) is 0 Å². The van der Waals surface area contributed by atoms with E-state index in [1.165, 1.54) is 25.0 Å². The van der Waals surface area contributed by atoms with Crippen LogP contribution in [0.2, 0.25) is 0 Å². The summed E-state index contributed by atoms with van der Waals surface area (Å²) in [5, 5.41) is 6.58. The van der Waals surface area contributed by atoms with Crippen LogP contribution < -0.4 is 10.6 Å². The van der Waals surface area contributed by atoms with Crippen LogP contribution in [0.3, 0.4) is 0 Å². The van der Waals surface area contributed by atoms with E-state index in [1.54, 1.807) is 12.3 Å². The second-order valence-electron chi connectivity index (χ2n) is 5.79. The lowest BCUT2D eigenvalue weighted by atomic mass is 9.95. The van der Waals surface area contributed by atoms with Gasteiger partial charge < -0.3 is 10.6 Å². The van der Waals surface area contributed by atoms with Crippen molar-refractivity contribution in [2.24, 2.45) is 5.92 Å². The Hall–Kier alpha value is -2.01. The van der Waals surface area contributed by atoms with Gasteiger partial charge in [0, 0.05) is 6.54 Å². The van der Waals surface area contributed by atoms with Gasteiger partial charge in [0.15, 0.2) is 0 Å². The van der Waals surface area contributed by atoms with Gasteiger partial charge in [-0.1, -0.05) is 12.1 Å². The Kier molecular flexibility index (Phi) is 4.96. The summed E-state index contributed by atoms with van der Waals surface area (Å²) in [6, 6.07) is 6.55. The maximum absolute atomic E-state index is 13.1. The summed E-state index contributed by atoms with van der Waals surface area (Å²) in [7, 11) is 0. The van der Waals surface area contributed by atoms with Gasteiger partial charge in [0.05, 0.1) is 18.1 Å². The maximum Gasteiger partial charge on any atom is 0.144 e. The van der Waals surface area contributed by atoms with Crippen molar-refractivity contribution in [3.8, 4) is 0 Å². The van der Waals surface area contributed by atoms with E-state index in [2.05, 4.69) is 20.6 Å². The monoisotopic (exact) mass is 300 g/mol. The van der Waals surface area contributed by atoms with Crippen LogP contribution in [0, 0.1) is 11.7 Å². The van der Waals surface area contributed by atoms with Crippen molar-refractivity contribution in [2.45, 2.75) is 25.8 Å². The van der Waals surface area contributed by atoms with Gasteiger partial charge in [0.1, 0.15) is 11.6 Å². The molecule has 2 N–H and O–H groups in total. The fourth-order valence-electron chi connectivity index (χ4n) is 2.79. The van der Waals surface area contributed by atoms with Crippen molar-refractivity contribution in [1.82, 2.24) is 15.3 Å². The zero-order chi connectivity index (χ0) is 15.2. The maximum atomic E-state index is 13.1. The molecular formula is C17H21FN4. The summed E-state index contributed by atoms with van der Waals surface area (Å²) < 4.78 is 13.1. The topological polar surface area (TPSA) is 49.8 Å². The van der Waals surface area contributed by atoms with Gasteiger partial charge in [-0.3, -0.25) is 4.98 Å². The van der Waals surface area contributed by atoms with E-state index >= 15 is 0 Å². The molecule has 0 saturated carbocycles. The Morgan fingerprint density at radius 1 is 1.27 bits per heavy atom. The lowest BCUT2D eigenvalue weighted by Gasteiger charge is -2.22. The first-order valence-electron chi connectivity index (χ1n) is 7.79. The molecule has 1 aromatic carbocycles. The number of rotatable bonds is 5. The number of anilines is 1. The van der Waals surface area contributed by atoms with E-state index in [1.807, 2.05) is 12.3 Å². The zero-order valence-corrected chi connectivity index (χ0v) is 12.6. The summed E-state index contributed by atoms with van der Waals surface area (Å²) in [4.78, 5) is 8.87. The summed E-state index contributed by atoms with van der Waals surface area (Å²) in [6.07, 6.45) is 7.07. The molecule has 3 rings (SSSR count). The van der Waals surface area contributed by atoms with E-state index in [0.29, 0.717) is 12.5 Å². The molecule has 1 aliphatic rings. The quantitative estimate of drug-likeness (QED) is 0.891. The minimum atomic E-state index is -0.221. The third-order valence-corrected chi connectivity index (χ3v) is 3.96. The van der Waals surface area contributed by atoms with Crippen molar-refractivity contribution in [2.75, 3.05) is 18.4 Å². The SMILES string of the molecule is Fc1cccc(CNc2cnc(CC3CCCNC3)cn2)c1. The predicted octanol–water partition coefficient (Wildman–Crippen LogP) is 2.77. The minimum absolute atomic E-state index is 0.221. The van der Waals surface area contributed by atoms with Crippen LogP contribution in [-0.2, 0) is 13.0 Å². The van der Waals surface area contributed by atoms with Crippen molar-refractivity contribution >= 4 is 5.82 Å². The summed E-state index contributed by atoms with van der Waals surface area (Å²) in [6.45, 7) is 2.74. The Morgan fingerprint density at radius 3 is 2.95 bits per heavy atom. The number of hydrogen-bond donors (Lipinski definition) is 2. The van der Waals surface area contributed by atoms with E-state index in [0.717, 1.165) is 36.6 Å². The molecule has 0 bridgehead atoms. The first-order chi connectivity index (χ1) is 10.8. The third-order valence-electron chi connectivity index (χ3n) is 3.96. The molecule has 0 radical (unpaired) electrons. The average Bonchev–Trinajstić information content (AvgIpc) is 2.55. The number of nitrogens with zero attached hydrogens (tertiary/aromatic N) is 2. The normalized spacial score (nSPS) is 18.1. The van der Waals surface area contributed by atoms with Crippen molar-refractivity contribution in [1.29, 1.82) is 0 Å². The van der Waals surface area contributed by atoms with E-state index in [-0.39, 0.29) is 5.82 Å². The molecule has 1 saturated heterocycles. The standard InChI is InChI=1S/C17H21FN4/c18-15-5-1-3-13(7-15)10-21-17-12-20-16(11-22-17)8-14-4-2-6-19-9-14/h1,3,5,7,11-12,14,19H,2,4,6,8-10H2,(H,21,22). The highest BCUT2D eigenvalue weighted by Crippen LogP contribution is 2.15. The van der Waals surface area contributed by atoms with Gasteiger partial charge in [-0.05, 0) is 56.0 Å². The highest BCUT2D eigenvalue weighted by Gasteiger charge is 2.14.